The summed E-state index contributed by atoms with van der Waals surface area (Å²) in [7, 11) is 3.53. The second-order valence-electron chi connectivity index (χ2n) is 4.82. The summed E-state index contributed by atoms with van der Waals surface area (Å²) in [6.07, 6.45) is 2.17. The molecule has 1 atom stereocenters. The van der Waals surface area contributed by atoms with E-state index in [-0.39, 0.29) is 11.9 Å². The molecule has 4 nitrogen and oxygen atoms in total. The first-order chi connectivity index (χ1) is 9.04. The number of benzene rings is 1. The molecule has 1 aromatic carbocycles. The molecule has 1 rings (SSSR count). The van der Waals surface area contributed by atoms with Crippen LogP contribution in [0, 0.1) is 0 Å². The van der Waals surface area contributed by atoms with Gasteiger partial charge in [0, 0.05) is 26.6 Å². The highest BCUT2D eigenvalue weighted by atomic mass is 16.5. The molecule has 0 aliphatic carbocycles. The number of nitrogens with two attached hydrogens (primary N) is 1. The van der Waals surface area contributed by atoms with Gasteiger partial charge in [0.25, 0.3) is 0 Å². The van der Waals surface area contributed by atoms with E-state index in [0.717, 1.165) is 24.2 Å². The van der Waals surface area contributed by atoms with Crippen molar-refractivity contribution >= 4 is 5.91 Å². The molecule has 0 heterocycles. The maximum absolute atomic E-state index is 11.4. The fraction of sp³-hybridized carbons (Fsp3) is 0.533. The van der Waals surface area contributed by atoms with E-state index in [1.54, 1.807) is 19.0 Å². The molecule has 0 saturated carbocycles. The second kappa shape index (κ2) is 7.79. The van der Waals surface area contributed by atoms with Crippen molar-refractivity contribution in [2.45, 2.75) is 32.2 Å². The van der Waals surface area contributed by atoms with Crippen LogP contribution in [0.2, 0.25) is 0 Å². The SMILES string of the molecule is CC[C@@H](N)c1ccc(OCCCC(=O)N(C)C)cc1. The molecule has 4 heteroatoms. The van der Waals surface area contributed by atoms with Crippen molar-refractivity contribution in [2.75, 3.05) is 20.7 Å². The topological polar surface area (TPSA) is 55.6 Å². The van der Waals surface area contributed by atoms with Crippen molar-refractivity contribution in [3.8, 4) is 5.75 Å². The van der Waals surface area contributed by atoms with Gasteiger partial charge in [0.15, 0.2) is 0 Å². The first-order valence-electron chi connectivity index (χ1n) is 6.73. The Morgan fingerprint density at radius 1 is 1.32 bits per heavy atom. The van der Waals surface area contributed by atoms with Gasteiger partial charge in [-0.1, -0.05) is 19.1 Å². The number of hydrogen-bond acceptors (Lipinski definition) is 3. The number of rotatable bonds is 7. The Hall–Kier alpha value is -1.55. The molecule has 2 N–H and O–H groups in total. The molecule has 0 aliphatic heterocycles. The normalized spacial score (nSPS) is 12.0. The number of ether oxygens (including phenoxy) is 1. The summed E-state index contributed by atoms with van der Waals surface area (Å²) in [5.74, 6) is 0.956. The van der Waals surface area contributed by atoms with E-state index in [2.05, 4.69) is 6.92 Å². The average molecular weight is 264 g/mol. The lowest BCUT2D eigenvalue weighted by Crippen LogP contribution is -2.21. The lowest BCUT2D eigenvalue weighted by molar-refractivity contribution is -0.128. The van der Waals surface area contributed by atoms with Crippen LogP contribution in [0.3, 0.4) is 0 Å². The number of hydrogen-bond donors (Lipinski definition) is 1. The number of nitrogens with zero attached hydrogens (tertiary/aromatic N) is 1. The maximum Gasteiger partial charge on any atom is 0.222 e. The minimum Gasteiger partial charge on any atom is -0.494 e. The molecular weight excluding hydrogens is 240 g/mol. The van der Waals surface area contributed by atoms with Crippen LogP contribution in [-0.4, -0.2) is 31.5 Å². The standard InChI is InChI=1S/C15H24N2O2/c1-4-14(16)12-7-9-13(10-8-12)19-11-5-6-15(18)17(2)3/h7-10,14H,4-6,11,16H2,1-3H3/t14-/m1/s1. The fourth-order valence-corrected chi connectivity index (χ4v) is 1.68. The molecule has 0 spiro atoms. The maximum atomic E-state index is 11.4. The van der Waals surface area contributed by atoms with Crippen molar-refractivity contribution in [1.82, 2.24) is 4.90 Å². The van der Waals surface area contributed by atoms with Gasteiger partial charge in [-0.2, -0.15) is 0 Å². The highest BCUT2D eigenvalue weighted by molar-refractivity contribution is 5.75. The van der Waals surface area contributed by atoms with Crippen molar-refractivity contribution in [2.24, 2.45) is 5.73 Å². The summed E-state index contributed by atoms with van der Waals surface area (Å²) in [4.78, 5) is 13.0. The third-order valence-corrected chi connectivity index (χ3v) is 3.05. The van der Waals surface area contributed by atoms with Gasteiger partial charge < -0.3 is 15.4 Å². The van der Waals surface area contributed by atoms with Gasteiger partial charge in [0.05, 0.1) is 6.61 Å². The van der Waals surface area contributed by atoms with Gasteiger partial charge in [0.2, 0.25) is 5.91 Å². The molecule has 0 aromatic heterocycles. The lowest BCUT2D eigenvalue weighted by atomic mass is 10.1. The summed E-state index contributed by atoms with van der Waals surface area (Å²) in [5, 5.41) is 0. The van der Waals surface area contributed by atoms with Gasteiger partial charge in [-0.25, -0.2) is 0 Å². The van der Waals surface area contributed by atoms with Crippen LogP contribution in [0.25, 0.3) is 0 Å². The highest BCUT2D eigenvalue weighted by Gasteiger charge is 2.05. The second-order valence-corrected chi connectivity index (χ2v) is 4.82. The van der Waals surface area contributed by atoms with Crippen molar-refractivity contribution in [3.63, 3.8) is 0 Å². The fourth-order valence-electron chi connectivity index (χ4n) is 1.68. The van der Waals surface area contributed by atoms with Crippen molar-refractivity contribution < 1.29 is 9.53 Å². The number of carbonyl (C=O) groups excluding carboxylic acids is 1. The predicted molar refractivity (Wildman–Crippen MR) is 77.1 cm³/mol. The van der Waals surface area contributed by atoms with Gasteiger partial charge in [-0.3, -0.25) is 4.79 Å². The average Bonchev–Trinajstić information content (AvgIpc) is 2.43. The summed E-state index contributed by atoms with van der Waals surface area (Å²) in [5.41, 5.74) is 7.07. The van der Waals surface area contributed by atoms with Gasteiger partial charge >= 0.3 is 0 Å². The molecule has 1 aromatic rings. The predicted octanol–water partition coefficient (Wildman–Crippen LogP) is 2.34. The smallest absolute Gasteiger partial charge is 0.222 e. The Kier molecular flexibility index (Phi) is 6.36. The minimum atomic E-state index is 0.0896. The monoisotopic (exact) mass is 264 g/mol. The van der Waals surface area contributed by atoms with E-state index in [9.17, 15) is 4.79 Å². The zero-order valence-corrected chi connectivity index (χ0v) is 12.1. The molecule has 106 valence electrons. The van der Waals surface area contributed by atoms with Crippen LogP contribution in [0.4, 0.5) is 0 Å². The van der Waals surface area contributed by atoms with E-state index in [1.807, 2.05) is 24.3 Å². The molecule has 0 bridgehead atoms. The minimum absolute atomic E-state index is 0.0896. The Labute approximate surface area is 115 Å². The Morgan fingerprint density at radius 2 is 1.95 bits per heavy atom. The highest BCUT2D eigenvalue weighted by Crippen LogP contribution is 2.18. The molecule has 19 heavy (non-hydrogen) atoms. The first-order valence-corrected chi connectivity index (χ1v) is 6.73. The van der Waals surface area contributed by atoms with Crippen LogP contribution in [0.1, 0.15) is 37.8 Å². The Balaban J connectivity index is 2.32. The summed E-state index contributed by atoms with van der Waals surface area (Å²) in [6.45, 7) is 2.62. The molecule has 0 saturated heterocycles. The Bertz CT molecular complexity index is 388. The first kappa shape index (κ1) is 15.5. The van der Waals surface area contributed by atoms with Crippen molar-refractivity contribution in [1.29, 1.82) is 0 Å². The van der Waals surface area contributed by atoms with E-state index >= 15 is 0 Å². The van der Waals surface area contributed by atoms with Crippen LogP contribution in [0.15, 0.2) is 24.3 Å². The van der Waals surface area contributed by atoms with Crippen LogP contribution in [0.5, 0.6) is 5.75 Å². The van der Waals surface area contributed by atoms with Gasteiger partial charge in [0.1, 0.15) is 5.75 Å². The molecule has 1 amide bonds. The molecule has 0 aliphatic rings. The molecule has 0 fully saturated rings. The summed E-state index contributed by atoms with van der Waals surface area (Å²) >= 11 is 0. The van der Waals surface area contributed by atoms with Crippen LogP contribution >= 0.6 is 0 Å². The summed E-state index contributed by atoms with van der Waals surface area (Å²) < 4.78 is 5.59. The van der Waals surface area contributed by atoms with Gasteiger partial charge in [-0.05, 0) is 30.5 Å². The zero-order valence-electron chi connectivity index (χ0n) is 12.1. The van der Waals surface area contributed by atoms with E-state index in [0.29, 0.717) is 13.0 Å². The van der Waals surface area contributed by atoms with E-state index in [1.165, 1.54) is 0 Å². The lowest BCUT2D eigenvalue weighted by Gasteiger charge is -2.12. The zero-order chi connectivity index (χ0) is 14.3. The number of carbonyl (C=O) groups is 1. The third-order valence-electron chi connectivity index (χ3n) is 3.05. The molecule has 0 radical (unpaired) electrons. The third kappa shape index (κ3) is 5.30. The quantitative estimate of drug-likeness (QED) is 0.769. The largest absolute Gasteiger partial charge is 0.494 e. The molecular formula is C15H24N2O2. The Morgan fingerprint density at radius 3 is 2.47 bits per heavy atom. The number of amides is 1. The van der Waals surface area contributed by atoms with E-state index in [4.69, 9.17) is 10.5 Å². The summed E-state index contributed by atoms with van der Waals surface area (Å²) in [6, 6.07) is 7.94. The molecule has 0 unspecified atom stereocenters. The van der Waals surface area contributed by atoms with E-state index < -0.39 is 0 Å². The van der Waals surface area contributed by atoms with Crippen LogP contribution < -0.4 is 10.5 Å². The van der Waals surface area contributed by atoms with Crippen molar-refractivity contribution in [3.05, 3.63) is 29.8 Å². The van der Waals surface area contributed by atoms with Gasteiger partial charge in [-0.15, -0.1) is 0 Å². The van der Waals surface area contributed by atoms with Crippen LogP contribution in [-0.2, 0) is 4.79 Å².